The summed E-state index contributed by atoms with van der Waals surface area (Å²) >= 11 is 0. The summed E-state index contributed by atoms with van der Waals surface area (Å²) in [5.74, 6) is 7.86. The van der Waals surface area contributed by atoms with Gasteiger partial charge in [-0.1, -0.05) is 12.1 Å². The first kappa shape index (κ1) is 13.8. The van der Waals surface area contributed by atoms with Crippen molar-refractivity contribution < 1.29 is 4.74 Å². The van der Waals surface area contributed by atoms with Crippen molar-refractivity contribution >= 4 is 5.82 Å². The van der Waals surface area contributed by atoms with Gasteiger partial charge in [0.15, 0.2) is 5.82 Å². The van der Waals surface area contributed by atoms with Crippen molar-refractivity contribution in [1.82, 2.24) is 9.97 Å². The van der Waals surface area contributed by atoms with Crippen LogP contribution >= 0.6 is 0 Å². The van der Waals surface area contributed by atoms with Gasteiger partial charge in [-0.2, -0.15) is 0 Å². The standard InChI is InChI=1S/C16H20N4O/c1-10(2)21-12-6-3-5-11(9-12)15-18-14-8-4-7-13(14)16(19-15)20-17/h3,5-6,9-10H,4,7-8,17H2,1-2H3,(H,18,19,20). The Labute approximate surface area is 124 Å². The molecule has 5 nitrogen and oxygen atoms in total. The fourth-order valence-corrected chi connectivity index (χ4v) is 2.66. The highest BCUT2D eigenvalue weighted by molar-refractivity contribution is 5.62. The highest BCUT2D eigenvalue weighted by Gasteiger charge is 2.19. The Morgan fingerprint density at radius 1 is 1.24 bits per heavy atom. The summed E-state index contributed by atoms with van der Waals surface area (Å²) in [7, 11) is 0. The van der Waals surface area contributed by atoms with Gasteiger partial charge in [0.1, 0.15) is 11.6 Å². The highest BCUT2D eigenvalue weighted by atomic mass is 16.5. The number of rotatable bonds is 4. The monoisotopic (exact) mass is 284 g/mol. The molecule has 0 fully saturated rings. The van der Waals surface area contributed by atoms with E-state index < -0.39 is 0 Å². The van der Waals surface area contributed by atoms with Gasteiger partial charge in [0.05, 0.1) is 6.10 Å². The number of aromatic nitrogens is 2. The second kappa shape index (κ2) is 5.69. The zero-order valence-corrected chi connectivity index (χ0v) is 12.4. The van der Waals surface area contributed by atoms with E-state index in [1.165, 1.54) is 0 Å². The number of hydrogen-bond donors (Lipinski definition) is 2. The Morgan fingerprint density at radius 3 is 2.86 bits per heavy atom. The van der Waals surface area contributed by atoms with Gasteiger partial charge < -0.3 is 10.2 Å². The lowest BCUT2D eigenvalue weighted by molar-refractivity contribution is 0.242. The summed E-state index contributed by atoms with van der Waals surface area (Å²) in [6.07, 6.45) is 3.23. The second-order valence-corrected chi connectivity index (χ2v) is 5.51. The molecule has 1 aromatic heterocycles. The zero-order chi connectivity index (χ0) is 14.8. The fraction of sp³-hybridized carbons (Fsp3) is 0.375. The summed E-state index contributed by atoms with van der Waals surface area (Å²) in [4.78, 5) is 9.24. The largest absolute Gasteiger partial charge is 0.491 e. The average molecular weight is 284 g/mol. The number of aryl methyl sites for hydroxylation is 1. The summed E-state index contributed by atoms with van der Waals surface area (Å²) in [6, 6.07) is 7.86. The van der Waals surface area contributed by atoms with Crippen LogP contribution in [0.4, 0.5) is 5.82 Å². The van der Waals surface area contributed by atoms with Crippen LogP contribution in [0.3, 0.4) is 0 Å². The van der Waals surface area contributed by atoms with E-state index in [9.17, 15) is 0 Å². The Hall–Kier alpha value is -2.14. The van der Waals surface area contributed by atoms with Crippen LogP contribution in [0.15, 0.2) is 24.3 Å². The number of nitrogen functional groups attached to an aromatic ring is 1. The summed E-state index contributed by atoms with van der Waals surface area (Å²) in [6.45, 7) is 4.02. The average Bonchev–Trinajstić information content (AvgIpc) is 2.94. The molecule has 5 heteroatoms. The number of nitrogens with zero attached hydrogens (tertiary/aromatic N) is 2. The van der Waals surface area contributed by atoms with Crippen LogP contribution in [-0.4, -0.2) is 16.1 Å². The maximum Gasteiger partial charge on any atom is 0.161 e. The lowest BCUT2D eigenvalue weighted by atomic mass is 10.1. The maximum atomic E-state index is 5.73. The lowest BCUT2D eigenvalue weighted by Gasteiger charge is -2.12. The van der Waals surface area contributed by atoms with Crippen molar-refractivity contribution in [1.29, 1.82) is 0 Å². The van der Waals surface area contributed by atoms with Crippen LogP contribution in [0, 0.1) is 0 Å². The first-order valence-corrected chi connectivity index (χ1v) is 7.31. The second-order valence-electron chi connectivity index (χ2n) is 5.51. The summed E-state index contributed by atoms with van der Waals surface area (Å²) in [5, 5.41) is 0. The molecule has 1 aliphatic carbocycles. The number of hydrogen-bond acceptors (Lipinski definition) is 5. The third kappa shape index (κ3) is 2.83. The number of hydrazine groups is 1. The van der Waals surface area contributed by atoms with Crippen LogP contribution in [0.25, 0.3) is 11.4 Å². The molecule has 0 bridgehead atoms. The van der Waals surface area contributed by atoms with Crippen molar-refractivity contribution in [2.45, 2.75) is 39.2 Å². The van der Waals surface area contributed by atoms with Gasteiger partial charge >= 0.3 is 0 Å². The van der Waals surface area contributed by atoms with Gasteiger partial charge in [-0.25, -0.2) is 15.8 Å². The minimum atomic E-state index is 0.141. The van der Waals surface area contributed by atoms with E-state index in [0.29, 0.717) is 5.82 Å². The van der Waals surface area contributed by atoms with Crippen molar-refractivity contribution in [2.24, 2.45) is 5.84 Å². The normalized spacial score (nSPS) is 13.3. The molecule has 0 radical (unpaired) electrons. The van der Waals surface area contributed by atoms with Crippen molar-refractivity contribution in [3.05, 3.63) is 35.5 Å². The molecule has 0 atom stereocenters. The van der Waals surface area contributed by atoms with Gasteiger partial charge in [-0.05, 0) is 45.2 Å². The lowest BCUT2D eigenvalue weighted by Crippen LogP contribution is -2.13. The SMILES string of the molecule is CC(C)Oc1cccc(-c2nc3c(c(NN)n2)CCC3)c1. The molecular weight excluding hydrogens is 264 g/mol. The fourth-order valence-electron chi connectivity index (χ4n) is 2.66. The van der Waals surface area contributed by atoms with Gasteiger partial charge in [0.2, 0.25) is 0 Å². The van der Waals surface area contributed by atoms with Crippen LogP contribution < -0.4 is 16.0 Å². The van der Waals surface area contributed by atoms with E-state index in [1.807, 2.05) is 38.1 Å². The molecule has 3 N–H and O–H groups in total. The number of nitrogens with two attached hydrogens (primary N) is 1. The van der Waals surface area contributed by atoms with E-state index in [-0.39, 0.29) is 6.10 Å². The Kier molecular flexibility index (Phi) is 3.75. The third-order valence-electron chi connectivity index (χ3n) is 3.53. The van der Waals surface area contributed by atoms with E-state index in [1.54, 1.807) is 0 Å². The Balaban J connectivity index is 2.00. The molecule has 0 saturated carbocycles. The molecule has 2 aromatic rings. The number of ether oxygens (including phenoxy) is 1. The van der Waals surface area contributed by atoms with Crippen LogP contribution in [0.1, 0.15) is 31.5 Å². The molecule has 3 rings (SSSR count). The van der Waals surface area contributed by atoms with Crippen LogP contribution in [0.5, 0.6) is 5.75 Å². The quantitative estimate of drug-likeness (QED) is 0.667. The summed E-state index contributed by atoms with van der Waals surface area (Å²) in [5.41, 5.74) is 5.89. The predicted molar refractivity (Wildman–Crippen MR) is 83.1 cm³/mol. The topological polar surface area (TPSA) is 73.1 Å². The molecule has 0 saturated heterocycles. The molecule has 0 unspecified atom stereocenters. The molecule has 21 heavy (non-hydrogen) atoms. The Bertz CT molecular complexity index is 655. The Morgan fingerprint density at radius 2 is 2.10 bits per heavy atom. The number of benzene rings is 1. The minimum absolute atomic E-state index is 0.141. The van der Waals surface area contributed by atoms with Crippen LogP contribution in [0.2, 0.25) is 0 Å². The first-order chi connectivity index (χ1) is 10.2. The molecular formula is C16H20N4O. The molecule has 110 valence electrons. The van der Waals surface area contributed by atoms with Gasteiger partial charge in [-0.3, -0.25) is 0 Å². The van der Waals surface area contributed by atoms with Crippen molar-refractivity contribution in [2.75, 3.05) is 5.43 Å². The predicted octanol–water partition coefficient (Wildman–Crippen LogP) is 2.71. The van der Waals surface area contributed by atoms with Gasteiger partial charge in [0.25, 0.3) is 0 Å². The number of nitrogens with one attached hydrogen (secondary N) is 1. The van der Waals surface area contributed by atoms with Gasteiger partial charge in [0, 0.05) is 16.8 Å². The van der Waals surface area contributed by atoms with E-state index in [2.05, 4.69) is 10.4 Å². The van der Waals surface area contributed by atoms with Crippen molar-refractivity contribution in [3.8, 4) is 17.1 Å². The molecule has 1 aliphatic rings. The van der Waals surface area contributed by atoms with E-state index in [0.717, 1.165) is 47.7 Å². The van der Waals surface area contributed by atoms with Crippen LogP contribution in [-0.2, 0) is 12.8 Å². The summed E-state index contributed by atoms with van der Waals surface area (Å²) < 4.78 is 5.73. The smallest absolute Gasteiger partial charge is 0.161 e. The minimum Gasteiger partial charge on any atom is -0.491 e. The number of anilines is 1. The van der Waals surface area contributed by atoms with Crippen molar-refractivity contribution in [3.63, 3.8) is 0 Å². The van der Waals surface area contributed by atoms with E-state index in [4.69, 9.17) is 15.6 Å². The van der Waals surface area contributed by atoms with E-state index >= 15 is 0 Å². The molecule has 0 aliphatic heterocycles. The first-order valence-electron chi connectivity index (χ1n) is 7.31. The number of fused-ring (bicyclic) bond motifs is 1. The third-order valence-corrected chi connectivity index (χ3v) is 3.53. The highest BCUT2D eigenvalue weighted by Crippen LogP contribution is 2.29. The molecule has 0 spiro atoms. The molecule has 1 heterocycles. The van der Waals surface area contributed by atoms with Gasteiger partial charge in [-0.15, -0.1) is 0 Å². The zero-order valence-electron chi connectivity index (χ0n) is 12.4. The molecule has 1 aromatic carbocycles. The maximum absolute atomic E-state index is 5.73. The molecule has 0 amide bonds.